The predicted molar refractivity (Wildman–Crippen MR) is 187 cm³/mol. The molecule has 202 valence electrons. The van der Waals surface area contributed by atoms with Crippen molar-refractivity contribution in [2.45, 2.75) is 0 Å². The lowest BCUT2D eigenvalue weighted by Crippen LogP contribution is -1.93. The molecule has 0 saturated carbocycles. The third-order valence-corrected chi connectivity index (χ3v) is 10.0. The first-order valence-electron chi connectivity index (χ1n) is 15.3. The monoisotopic (exact) mass is 556 g/mol. The van der Waals surface area contributed by atoms with Gasteiger partial charge in [0.15, 0.2) is 0 Å². The Kier molecular flexibility index (Phi) is 4.10. The molecule has 0 fully saturated rings. The van der Waals surface area contributed by atoms with Gasteiger partial charge in [0.2, 0.25) is 0 Å². The molecule has 0 bridgehead atoms. The average Bonchev–Trinajstić information content (AvgIpc) is 3.73. The number of nitrogens with zero attached hydrogens (tertiary/aromatic N) is 2. The molecule has 0 N–H and O–H groups in total. The van der Waals surface area contributed by atoms with Crippen molar-refractivity contribution in [3.05, 3.63) is 146 Å². The quantitative estimate of drug-likeness (QED) is 0.187. The van der Waals surface area contributed by atoms with Crippen LogP contribution in [0.3, 0.4) is 0 Å². The Morgan fingerprint density at radius 3 is 1.61 bits per heavy atom. The van der Waals surface area contributed by atoms with Crippen LogP contribution in [0, 0.1) is 0 Å². The van der Waals surface area contributed by atoms with Gasteiger partial charge in [-0.3, -0.25) is 0 Å². The highest BCUT2D eigenvalue weighted by molar-refractivity contribution is 6.38. The summed E-state index contributed by atoms with van der Waals surface area (Å²) >= 11 is 0. The van der Waals surface area contributed by atoms with Crippen LogP contribution in [0.25, 0.3) is 98.3 Å². The van der Waals surface area contributed by atoms with Crippen molar-refractivity contribution in [1.82, 2.24) is 8.97 Å². The maximum absolute atomic E-state index is 2.50. The Morgan fingerprint density at radius 1 is 0.318 bits per heavy atom. The van der Waals surface area contributed by atoms with Crippen molar-refractivity contribution >= 4 is 81.4 Å². The van der Waals surface area contributed by atoms with E-state index in [4.69, 9.17) is 0 Å². The van der Waals surface area contributed by atoms with E-state index in [0.717, 1.165) is 0 Å². The molecule has 8 aromatic carbocycles. The summed E-state index contributed by atoms with van der Waals surface area (Å²) in [5.41, 5.74) is 10.0. The number of para-hydroxylation sites is 2. The van der Waals surface area contributed by atoms with Gasteiger partial charge in [-0.15, -0.1) is 0 Å². The smallest absolute Gasteiger partial charge is 0.0626 e. The highest BCUT2D eigenvalue weighted by Crippen LogP contribution is 2.47. The summed E-state index contributed by atoms with van der Waals surface area (Å²) in [5.74, 6) is 0. The Morgan fingerprint density at radius 2 is 0.886 bits per heavy atom. The minimum atomic E-state index is 1.18. The minimum Gasteiger partial charge on any atom is -0.309 e. The first-order chi connectivity index (χ1) is 21.8. The molecule has 3 heterocycles. The summed E-state index contributed by atoms with van der Waals surface area (Å²) in [4.78, 5) is 0. The summed E-state index contributed by atoms with van der Waals surface area (Å²) in [6.07, 6.45) is 0. The van der Waals surface area contributed by atoms with Crippen molar-refractivity contribution in [3.63, 3.8) is 0 Å². The van der Waals surface area contributed by atoms with Crippen molar-refractivity contribution in [2.24, 2.45) is 0 Å². The fourth-order valence-corrected chi connectivity index (χ4v) is 8.19. The van der Waals surface area contributed by atoms with Gasteiger partial charge in [0.1, 0.15) is 0 Å². The molecular weight excluding hydrogens is 532 g/mol. The molecule has 0 spiro atoms. The highest BCUT2D eigenvalue weighted by Gasteiger charge is 2.22. The molecule has 0 amide bonds. The normalized spacial score (nSPS) is 12.5. The molecule has 11 rings (SSSR count). The molecule has 0 saturated heterocycles. The van der Waals surface area contributed by atoms with Gasteiger partial charge in [-0.05, 0) is 75.1 Å². The van der Waals surface area contributed by atoms with Crippen LogP contribution in [-0.2, 0) is 0 Å². The Balaban J connectivity index is 1.13. The van der Waals surface area contributed by atoms with Crippen molar-refractivity contribution in [2.75, 3.05) is 0 Å². The summed E-state index contributed by atoms with van der Waals surface area (Å²) in [5, 5.41) is 13.3. The number of hydrogen-bond acceptors (Lipinski definition) is 0. The lowest BCUT2D eigenvalue weighted by molar-refractivity contribution is 1.18. The van der Waals surface area contributed by atoms with Gasteiger partial charge < -0.3 is 8.97 Å². The topological polar surface area (TPSA) is 9.34 Å². The number of fused-ring (bicyclic) bond motifs is 10. The van der Waals surface area contributed by atoms with E-state index >= 15 is 0 Å². The number of rotatable bonds is 2. The zero-order valence-electron chi connectivity index (χ0n) is 23.8. The zero-order valence-corrected chi connectivity index (χ0v) is 23.8. The molecule has 44 heavy (non-hydrogen) atoms. The van der Waals surface area contributed by atoms with Gasteiger partial charge in [0.05, 0.1) is 27.6 Å². The van der Waals surface area contributed by atoms with E-state index in [1.54, 1.807) is 0 Å². The molecule has 0 radical (unpaired) electrons. The van der Waals surface area contributed by atoms with Crippen LogP contribution in [0.1, 0.15) is 0 Å². The standard InChI is InChI=1S/C42H24N2/c1-2-9-29-28(8-1)32-12-7-15-39-40(32)41-33(29)21-22-34-35-24-26(18-23-38(35)44(39)42(34)41)25-16-19-27(20-17-25)43-36-13-5-3-10-30(36)31-11-4-6-14-37(31)43/h1-24H. The molecule has 11 aromatic rings. The van der Waals surface area contributed by atoms with Crippen LogP contribution in [0.5, 0.6) is 0 Å². The second kappa shape index (κ2) is 7.94. The van der Waals surface area contributed by atoms with E-state index in [-0.39, 0.29) is 0 Å². The summed E-state index contributed by atoms with van der Waals surface area (Å²) < 4.78 is 4.88. The van der Waals surface area contributed by atoms with Crippen molar-refractivity contribution in [1.29, 1.82) is 0 Å². The lowest BCUT2D eigenvalue weighted by atomic mass is 9.93. The Labute approximate surface area is 252 Å². The summed E-state index contributed by atoms with van der Waals surface area (Å²) in [7, 11) is 0. The Hall–Kier alpha value is -5.86. The summed E-state index contributed by atoms with van der Waals surface area (Å²) in [6.45, 7) is 0. The van der Waals surface area contributed by atoms with Gasteiger partial charge >= 0.3 is 0 Å². The lowest BCUT2D eigenvalue weighted by Gasteiger charge is -2.10. The maximum atomic E-state index is 2.50. The van der Waals surface area contributed by atoms with E-state index < -0.39 is 0 Å². The first-order valence-corrected chi connectivity index (χ1v) is 15.3. The second-order valence-corrected chi connectivity index (χ2v) is 12.1. The number of aromatic nitrogens is 2. The second-order valence-electron chi connectivity index (χ2n) is 12.1. The van der Waals surface area contributed by atoms with E-state index in [2.05, 4.69) is 155 Å². The largest absolute Gasteiger partial charge is 0.309 e. The van der Waals surface area contributed by atoms with E-state index in [9.17, 15) is 0 Å². The fourth-order valence-electron chi connectivity index (χ4n) is 8.19. The van der Waals surface area contributed by atoms with Gasteiger partial charge in [-0.2, -0.15) is 0 Å². The van der Waals surface area contributed by atoms with Gasteiger partial charge in [-0.25, -0.2) is 0 Å². The first kappa shape index (κ1) is 22.7. The fraction of sp³-hybridized carbons (Fsp3) is 0. The average molecular weight is 557 g/mol. The van der Waals surface area contributed by atoms with E-state index in [1.165, 1.54) is 98.3 Å². The third-order valence-electron chi connectivity index (χ3n) is 10.0. The molecule has 2 heteroatoms. The number of hydrogen-bond donors (Lipinski definition) is 0. The molecule has 0 aliphatic carbocycles. The molecule has 2 nitrogen and oxygen atoms in total. The maximum Gasteiger partial charge on any atom is 0.0626 e. The van der Waals surface area contributed by atoms with Crippen LogP contribution in [0.15, 0.2) is 146 Å². The minimum absolute atomic E-state index is 1.18. The number of benzene rings is 8. The van der Waals surface area contributed by atoms with Crippen molar-refractivity contribution < 1.29 is 0 Å². The molecular formula is C42H24N2. The molecule has 0 aliphatic rings. The van der Waals surface area contributed by atoms with E-state index in [0.29, 0.717) is 0 Å². The van der Waals surface area contributed by atoms with Gasteiger partial charge in [0.25, 0.3) is 0 Å². The van der Waals surface area contributed by atoms with Crippen LogP contribution < -0.4 is 0 Å². The molecule has 0 atom stereocenters. The third kappa shape index (κ3) is 2.68. The summed E-state index contributed by atoms with van der Waals surface area (Å²) in [6, 6.07) is 53.8. The highest BCUT2D eigenvalue weighted by atomic mass is 15.0. The molecule has 0 aliphatic heterocycles. The molecule has 0 unspecified atom stereocenters. The SMILES string of the molecule is c1ccc2c(c1)c1cccc3c1c1c2ccc2c4cc(-c5ccc(-n6c7ccccc7c7ccccc76)cc5)ccc4n3c21. The Bertz CT molecular complexity index is 2860. The van der Waals surface area contributed by atoms with Crippen LogP contribution in [0.2, 0.25) is 0 Å². The predicted octanol–water partition coefficient (Wildman–Crippen LogP) is 11.3. The van der Waals surface area contributed by atoms with Crippen LogP contribution in [0.4, 0.5) is 0 Å². The van der Waals surface area contributed by atoms with Crippen LogP contribution in [-0.4, -0.2) is 8.97 Å². The molecule has 3 aromatic heterocycles. The van der Waals surface area contributed by atoms with Crippen molar-refractivity contribution in [3.8, 4) is 16.8 Å². The van der Waals surface area contributed by atoms with Crippen LogP contribution >= 0.6 is 0 Å². The van der Waals surface area contributed by atoms with Gasteiger partial charge in [0, 0.05) is 38.0 Å². The van der Waals surface area contributed by atoms with E-state index in [1.807, 2.05) is 0 Å². The zero-order chi connectivity index (χ0) is 28.5. The van der Waals surface area contributed by atoms with Gasteiger partial charge in [-0.1, -0.05) is 103 Å².